The fourth-order valence-corrected chi connectivity index (χ4v) is 5.02. The highest BCUT2D eigenvalue weighted by Crippen LogP contribution is 2.14. The van der Waals surface area contributed by atoms with E-state index in [0.29, 0.717) is 6.42 Å². The molecule has 0 bridgehead atoms. The van der Waals surface area contributed by atoms with Crippen LogP contribution in [0.25, 0.3) is 0 Å². The average molecular weight is 550 g/mol. The molecule has 0 aliphatic carbocycles. The molecule has 0 saturated heterocycles. The molecular formula is C35H67NO3. The van der Waals surface area contributed by atoms with E-state index in [4.69, 9.17) is 0 Å². The largest absolute Gasteiger partial charge is 0.394 e. The maximum Gasteiger partial charge on any atom is 0.220 e. The first-order valence-corrected chi connectivity index (χ1v) is 17.1. The summed E-state index contributed by atoms with van der Waals surface area (Å²) in [5, 5.41) is 22.8. The predicted molar refractivity (Wildman–Crippen MR) is 170 cm³/mol. The molecule has 0 rings (SSSR count). The zero-order valence-corrected chi connectivity index (χ0v) is 26.2. The fraction of sp³-hybridized carbons (Fsp3) is 0.857. The first-order valence-electron chi connectivity index (χ1n) is 17.1. The van der Waals surface area contributed by atoms with Crippen molar-refractivity contribution in [2.24, 2.45) is 0 Å². The normalized spacial score (nSPS) is 13.4. The van der Waals surface area contributed by atoms with E-state index >= 15 is 0 Å². The lowest BCUT2D eigenvalue weighted by Gasteiger charge is -2.19. The van der Waals surface area contributed by atoms with Gasteiger partial charge in [0.1, 0.15) is 0 Å². The van der Waals surface area contributed by atoms with Gasteiger partial charge in [-0.05, 0) is 32.1 Å². The van der Waals surface area contributed by atoms with Gasteiger partial charge < -0.3 is 15.5 Å². The molecule has 4 nitrogen and oxygen atoms in total. The highest BCUT2D eigenvalue weighted by molar-refractivity contribution is 5.76. The van der Waals surface area contributed by atoms with Crippen LogP contribution in [-0.2, 0) is 4.79 Å². The summed E-state index contributed by atoms with van der Waals surface area (Å²) in [6.07, 6.45) is 38.3. The average Bonchev–Trinajstić information content (AvgIpc) is 2.94. The topological polar surface area (TPSA) is 69.6 Å². The Morgan fingerprint density at radius 2 is 1.00 bits per heavy atom. The molecule has 0 aliphatic rings. The third-order valence-corrected chi connectivity index (χ3v) is 7.69. The minimum absolute atomic E-state index is 0.0752. The number of nitrogens with one attached hydrogen (secondary N) is 1. The number of hydrogen-bond donors (Lipinski definition) is 3. The first-order chi connectivity index (χ1) is 19.2. The van der Waals surface area contributed by atoms with Gasteiger partial charge >= 0.3 is 0 Å². The summed E-state index contributed by atoms with van der Waals surface area (Å²) in [5.41, 5.74) is 0. The first kappa shape index (κ1) is 37.9. The molecule has 0 fully saturated rings. The molecule has 3 N–H and O–H groups in total. The number of rotatable bonds is 30. The van der Waals surface area contributed by atoms with Gasteiger partial charge in [0.05, 0.1) is 18.8 Å². The number of amides is 1. The summed E-state index contributed by atoms with van der Waals surface area (Å²) in [6, 6.07) is -0.631. The van der Waals surface area contributed by atoms with E-state index in [1.165, 1.54) is 122 Å². The molecule has 0 aromatic heterocycles. The molecular weight excluding hydrogens is 482 g/mol. The molecule has 0 aliphatic heterocycles. The Morgan fingerprint density at radius 1 is 0.590 bits per heavy atom. The SMILES string of the molecule is CCCCCCC/C=C/CC/C=C/C(O)C(CO)NC(=O)CCCCCCCCCCCCCCCCCC. The van der Waals surface area contributed by atoms with Gasteiger partial charge in [-0.2, -0.15) is 0 Å². The fourth-order valence-electron chi connectivity index (χ4n) is 5.02. The molecule has 0 heterocycles. The number of unbranched alkanes of at least 4 members (excludes halogenated alkanes) is 21. The van der Waals surface area contributed by atoms with Crippen LogP contribution >= 0.6 is 0 Å². The summed E-state index contributed by atoms with van der Waals surface area (Å²) in [4.78, 5) is 12.3. The van der Waals surface area contributed by atoms with Gasteiger partial charge in [-0.3, -0.25) is 4.79 Å². The van der Waals surface area contributed by atoms with E-state index in [9.17, 15) is 15.0 Å². The van der Waals surface area contributed by atoms with E-state index in [2.05, 4.69) is 31.3 Å². The lowest BCUT2D eigenvalue weighted by Crippen LogP contribution is -2.45. The Morgan fingerprint density at radius 3 is 1.49 bits per heavy atom. The highest BCUT2D eigenvalue weighted by Gasteiger charge is 2.17. The molecule has 2 unspecified atom stereocenters. The standard InChI is InChI=1S/C35H67NO3/c1-3-5-7-9-11-13-15-16-17-18-19-21-23-25-27-29-31-35(39)36-33(32-37)34(38)30-28-26-24-22-20-14-12-10-8-6-4-2/h20,22,28,30,33-34,37-38H,3-19,21,23-27,29,31-32H2,1-2H3,(H,36,39)/b22-20+,30-28+. The van der Waals surface area contributed by atoms with Crippen LogP contribution in [0.1, 0.15) is 174 Å². The highest BCUT2D eigenvalue weighted by atomic mass is 16.3. The van der Waals surface area contributed by atoms with Crippen LogP contribution in [0, 0.1) is 0 Å². The number of carbonyl (C=O) groups excluding carboxylic acids is 1. The Bertz CT molecular complexity index is 560. The van der Waals surface area contributed by atoms with Crippen LogP contribution in [0.4, 0.5) is 0 Å². The predicted octanol–water partition coefficient (Wildman–Crippen LogP) is 9.73. The van der Waals surface area contributed by atoms with E-state index in [1.807, 2.05) is 6.08 Å². The number of carbonyl (C=O) groups is 1. The molecule has 0 radical (unpaired) electrons. The maximum absolute atomic E-state index is 12.3. The van der Waals surface area contributed by atoms with Crippen LogP contribution < -0.4 is 5.32 Å². The second kappa shape index (κ2) is 31.4. The van der Waals surface area contributed by atoms with Crippen LogP contribution in [-0.4, -0.2) is 34.9 Å². The van der Waals surface area contributed by atoms with Crippen LogP contribution in [0.2, 0.25) is 0 Å². The van der Waals surface area contributed by atoms with Crippen molar-refractivity contribution >= 4 is 5.91 Å². The number of aliphatic hydroxyl groups is 2. The van der Waals surface area contributed by atoms with Crippen molar-refractivity contribution in [3.63, 3.8) is 0 Å². The zero-order chi connectivity index (χ0) is 28.7. The summed E-state index contributed by atoms with van der Waals surface area (Å²) in [7, 11) is 0. The van der Waals surface area contributed by atoms with E-state index < -0.39 is 12.1 Å². The van der Waals surface area contributed by atoms with Gasteiger partial charge in [0, 0.05) is 6.42 Å². The van der Waals surface area contributed by atoms with Crippen LogP contribution in [0.15, 0.2) is 24.3 Å². The van der Waals surface area contributed by atoms with Crippen molar-refractivity contribution in [2.45, 2.75) is 187 Å². The molecule has 4 heteroatoms. The number of allylic oxidation sites excluding steroid dienone is 3. The van der Waals surface area contributed by atoms with Crippen molar-refractivity contribution in [2.75, 3.05) is 6.61 Å². The van der Waals surface area contributed by atoms with Crippen molar-refractivity contribution in [3.05, 3.63) is 24.3 Å². The van der Waals surface area contributed by atoms with Crippen molar-refractivity contribution in [1.29, 1.82) is 0 Å². The summed E-state index contributed by atoms with van der Waals surface area (Å²) in [5.74, 6) is -0.0752. The number of hydrogen-bond acceptors (Lipinski definition) is 3. The smallest absolute Gasteiger partial charge is 0.220 e. The van der Waals surface area contributed by atoms with Gasteiger partial charge in [0.25, 0.3) is 0 Å². The molecule has 39 heavy (non-hydrogen) atoms. The van der Waals surface area contributed by atoms with Crippen molar-refractivity contribution in [3.8, 4) is 0 Å². The minimum Gasteiger partial charge on any atom is -0.394 e. The van der Waals surface area contributed by atoms with E-state index in [1.54, 1.807) is 6.08 Å². The van der Waals surface area contributed by atoms with Gasteiger partial charge in [0.2, 0.25) is 5.91 Å². The second-order valence-electron chi connectivity index (χ2n) is 11.6. The Labute approximate surface area is 243 Å². The summed E-state index contributed by atoms with van der Waals surface area (Å²) >= 11 is 0. The van der Waals surface area contributed by atoms with E-state index in [0.717, 1.165) is 32.1 Å². The van der Waals surface area contributed by atoms with Gasteiger partial charge in [0.15, 0.2) is 0 Å². The molecule has 2 atom stereocenters. The Hall–Kier alpha value is -1.13. The molecule has 0 saturated carbocycles. The molecule has 230 valence electrons. The van der Waals surface area contributed by atoms with Gasteiger partial charge in [-0.15, -0.1) is 0 Å². The van der Waals surface area contributed by atoms with Gasteiger partial charge in [-0.25, -0.2) is 0 Å². The Kier molecular flexibility index (Phi) is 30.5. The third kappa shape index (κ3) is 28.2. The van der Waals surface area contributed by atoms with Gasteiger partial charge in [-0.1, -0.05) is 160 Å². The summed E-state index contributed by atoms with van der Waals surface area (Å²) < 4.78 is 0. The maximum atomic E-state index is 12.3. The lowest BCUT2D eigenvalue weighted by atomic mass is 10.0. The van der Waals surface area contributed by atoms with Crippen molar-refractivity contribution in [1.82, 2.24) is 5.32 Å². The summed E-state index contributed by atoms with van der Waals surface area (Å²) in [6.45, 7) is 4.26. The molecule has 0 aromatic rings. The van der Waals surface area contributed by atoms with Crippen LogP contribution in [0.3, 0.4) is 0 Å². The number of aliphatic hydroxyl groups excluding tert-OH is 2. The lowest BCUT2D eigenvalue weighted by molar-refractivity contribution is -0.123. The van der Waals surface area contributed by atoms with Crippen LogP contribution in [0.5, 0.6) is 0 Å². The zero-order valence-electron chi connectivity index (χ0n) is 26.2. The monoisotopic (exact) mass is 550 g/mol. The Balaban J connectivity index is 3.64. The molecule has 0 spiro atoms. The second-order valence-corrected chi connectivity index (χ2v) is 11.6. The molecule has 1 amide bonds. The van der Waals surface area contributed by atoms with Crippen molar-refractivity contribution < 1.29 is 15.0 Å². The molecule has 0 aromatic carbocycles. The van der Waals surface area contributed by atoms with E-state index in [-0.39, 0.29) is 12.5 Å². The minimum atomic E-state index is -0.854. The quantitative estimate of drug-likeness (QED) is 0.0617. The third-order valence-electron chi connectivity index (χ3n) is 7.69.